The third-order valence-corrected chi connectivity index (χ3v) is 7.91. The van der Waals surface area contributed by atoms with Crippen molar-refractivity contribution < 1.29 is 17.6 Å². The van der Waals surface area contributed by atoms with E-state index < -0.39 is 15.8 Å². The molecule has 26 heavy (non-hydrogen) atoms. The van der Waals surface area contributed by atoms with E-state index in [4.69, 9.17) is 11.6 Å². The van der Waals surface area contributed by atoms with E-state index in [9.17, 15) is 17.6 Å². The summed E-state index contributed by atoms with van der Waals surface area (Å²) < 4.78 is 41.6. The second-order valence-corrected chi connectivity index (χ2v) is 9.96. The van der Waals surface area contributed by atoms with Gasteiger partial charge in [-0.1, -0.05) is 17.7 Å². The van der Waals surface area contributed by atoms with Crippen molar-refractivity contribution in [1.82, 2.24) is 4.90 Å². The number of halogens is 2. The summed E-state index contributed by atoms with van der Waals surface area (Å²) in [5, 5.41) is -0.148. The summed E-state index contributed by atoms with van der Waals surface area (Å²) in [7, 11) is -3.92. The minimum absolute atomic E-state index is 0.114. The van der Waals surface area contributed by atoms with E-state index in [-0.39, 0.29) is 26.7 Å². The Bertz CT molecular complexity index is 986. The fraction of sp³-hybridized carbons (Fsp3) is 0.353. The minimum atomic E-state index is -3.92. The molecule has 2 heterocycles. The summed E-state index contributed by atoms with van der Waals surface area (Å²) in [4.78, 5) is 15.0. The molecule has 0 radical (unpaired) electrons. The number of rotatable bonds is 4. The summed E-state index contributed by atoms with van der Waals surface area (Å²) >= 11 is 6.87. The number of benzene rings is 1. The summed E-state index contributed by atoms with van der Waals surface area (Å²) in [6.45, 7) is 1.04. The Hall–Kier alpha value is -1.64. The van der Waals surface area contributed by atoms with Gasteiger partial charge in [-0.15, -0.1) is 11.3 Å². The molecule has 138 valence electrons. The quantitative estimate of drug-likeness (QED) is 0.830. The van der Waals surface area contributed by atoms with Crippen molar-refractivity contribution in [2.45, 2.75) is 30.0 Å². The van der Waals surface area contributed by atoms with Crippen LogP contribution in [-0.4, -0.2) is 25.8 Å². The highest BCUT2D eigenvalue weighted by atomic mass is 35.5. The zero-order valence-electron chi connectivity index (χ0n) is 13.7. The molecule has 4 rings (SSSR count). The Balaban J connectivity index is 1.57. The molecule has 1 N–H and O–H groups in total. The summed E-state index contributed by atoms with van der Waals surface area (Å²) in [5.41, 5.74) is 0.664. The van der Waals surface area contributed by atoms with Crippen LogP contribution in [0.15, 0.2) is 28.5 Å². The van der Waals surface area contributed by atoms with Gasteiger partial charge < -0.3 is 4.90 Å². The molecule has 0 spiro atoms. The highest BCUT2D eigenvalue weighted by molar-refractivity contribution is 7.94. The van der Waals surface area contributed by atoms with Gasteiger partial charge in [0.25, 0.3) is 10.0 Å². The van der Waals surface area contributed by atoms with E-state index in [1.807, 2.05) is 0 Å². The third kappa shape index (κ3) is 3.33. The molecule has 0 atom stereocenters. The van der Waals surface area contributed by atoms with Gasteiger partial charge in [0, 0.05) is 23.9 Å². The lowest BCUT2D eigenvalue weighted by Crippen LogP contribution is -2.36. The lowest BCUT2D eigenvalue weighted by molar-refractivity contribution is -0.133. The number of nitrogens with zero attached hydrogens (tertiary/aromatic N) is 1. The van der Waals surface area contributed by atoms with E-state index in [2.05, 4.69) is 4.72 Å². The van der Waals surface area contributed by atoms with E-state index >= 15 is 0 Å². The highest BCUT2D eigenvalue weighted by Gasteiger charge is 2.35. The molecule has 1 saturated carbocycles. The van der Waals surface area contributed by atoms with Crippen LogP contribution in [0.25, 0.3) is 0 Å². The largest absolute Gasteiger partial charge is 0.338 e. The first-order valence-electron chi connectivity index (χ1n) is 8.22. The molecule has 1 aliphatic carbocycles. The predicted octanol–water partition coefficient (Wildman–Crippen LogP) is 3.64. The van der Waals surface area contributed by atoms with Crippen LogP contribution in [0.4, 0.5) is 10.1 Å². The highest BCUT2D eigenvalue weighted by Crippen LogP contribution is 2.36. The topological polar surface area (TPSA) is 66.5 Å². The Kier molecular flexibility index (Phi) is 4.45. The van der Waals surface area contributed by atoms with Crippen molar-refractivity contribution in [2.24, 2.45) is 5.92 Å². The number of hydrogen-bond acceptors (Lipinski definition) is 4. The van der Waals surface area contributed by atoms with Crippen LogP contribution in [0.3, 0.4) is 0 Å². The molecule has 0 bridgehead atoms. The fourth-order valence-electron chi connectivity index (χ4n) is 2.99. The van der Waals surface area contributed by atoms with Gasteiger partial charge in [-0.2, -0.15) is 0 Å². The molecule has 1 amide bonds. The predicted molar refractivity (Wildman–Crippen MR) is 98.4 cm³/mol. The molecule has 9 heteroatoms. The average Bonchev–Trinajstić information content (AvgIpc) is 3.36. The van der Waals surface area contributed by atoms with Crippen LogP contribution >= 0.6 is 22.9 Å². The maximum absolute atomic E-state index is 14.0. The fourth-order valence-corrected chi connectivity index (χ4v) is 5.77. The van der Waals surface area contributed by atoms with Gasteiger partial charge in [-0.3, -0.25) is 9.52 Å². The average molecular weight is 415 g/mol. The second-order valence-electron chi connectivity index (χ2n) is 6.50. The molecule has 1 aromatic heterocycles. The maximum Gasteiger partial charge on any atom is 0.271 e. The number of thiophene rings is 1. The van der Waals surface area contributed by atoms with Gasteiger partial charge in [0.2, 0.25) is 5.91 Å². The first-order chi connectivity index (χ1) is 12.3. The SMILES string of the molecule is O=C(C1CC1)N1CCc2sc(S(=O)(=O)Nc3cccc(Cl)c3F)cc2C1. The van der Waals surface area contributed by atoms with E-state index in [1.165, 1.54) is 29.5 Å². The molecule has 2 aromatic rings. The molecule has 1 aliphatic heterocycles. The lowest BCUT2D eigenvalue weighted by atomic mass is 10.1. The molecule has 1 aromatic carbocycles. The van der Waals surface area contributed by atoms with Gasteiger partial charge in [-0.05, 0) is 43.0 Å². The summed E-state index contributed by atoms with van der Waals surface area (Å²) in [6.07, 6.45) is 2.53. The van der Waals surface area contributed by atoms with Crippen LogP contribution in [0.1, 0.15) is 23.3 Å². The van der Waals surface area contributed by atoms with Crippen LogP contribution < -0.4 is 4.72 Å². The van der Waals surface area contributed by atoms with E-state index in [0.717, 1.165) is 23.3 Å². The number of fused-ring (bicyclic) bond motifs is 1. The van der Waals surface area contributed by atoms with Crippen molar-refractivity contribution in [3.05, 3.63) is 45.5 Å². The van der Waals surface area contributed by atoms with Crippen molar-refractivity contribution in [2.75, 3.05) is 11.3 Å². The van der Waals surface area contributed by atoms with E-state index in [0.29, 0.717) is 19.5 Å². The lowest BCUT2D eigenvalue weighted by Gasteiger charge is -2.26. The zero-order chi connectivity index (χ0) is 18.5. The Morgan fingerprint density at radius 1 is 1.35 bits per heavy atom. The van der Waals surface area contributed by atoms with Crippen LogP contribution in [0, 0.1) is 11.7 Å². The smallest absolute Gasteiger partial charge is 0.271 e. The molecule has 1 fully saturated rings. The van der Waals surface area contributed by atoms with Gasteiger partial charge in [0.15, 0.2) is 5.82 Å². The van der Waals surface area contributed by atoms with Gasteiger partial charge >= 0.3 is 0 Å². The number of hydrogen-bond donors (Lipinski definition) is 1. The van der Waals surface area contributed by atoms with E-state index in [1.54, 1.807) is 11.0 Å². The molecule has 5 nitrogen and oxygen atoms in total. The van der Waals surface area contributed by atoms with Crippen molar-refractivity contribution >= 4 is 44.6 Å². The Morgan fingerprint density at radius 3 is 2.85 bits per heavy atom. The Labute approximate surface area is 159 Å². The molecular weight excluding hydrogens is 399 g/mol. The third-order valence-electron chi connectivity index (χ3n) is 4.54. The zero-order valence-corrected chi connectivity index (χ0v) is 16.1. The van der Waals surface area contributed by atoms with Crippen LogP contribution in [0.2, 0.25) is 5.02 Å². The number of sulfonamides is 1. The second kappa shape index (κ2) is 6.51. The first kappa shape index (κ1) is 17.8. The standard InChI is InChI=1S/C17H16ClFN2O3S2/c18-12-2-1-3-13(16(12)19)20-26(23,24)15-8-11-9-21(7-6-14(11)25-15)17(22)10-4-5-10/h1-3,8,10,20H,4-7,9H2. The first-order valence-corrected chi connectivity index (χ1v) is 10.9. The number of nitrogens with one attached hydrogen (secondary N) is 1. The van der Waals surface area contributed by atoms with Crippen LogP contribution in [0.5, 0.6) is 0 Å². The van der Waals surface area contributed by atoms with Gasteiger partial charge in [-0.25, -0.2) is 12.8 Å². The molecular formula is C17H16ClFN2O3S2. The monoisotopic (exact) mass is 414 g/mol. The molecule has 2 aliphatic rings. The van der Waals surface area contributed by atoms with Crippen molar-refractivity contribution in [1.29, 1.82) is 0 Å². The van der Waals surface area contributed by atoms with Crippen molar-refractivity contribution in [3.8, 4) is 0 Å². The number of carbonyl (C=O) groups excluding carboxylic acids is 1. The normalized spacial score (nSPS) is 17.1. The number of anilines is 1. The van der Waals surface area contributed by atoms with Crippen LogP contribution in [-0.2, 0) is 27.8 Å². The maximum atomic E-state index is 14.0. The molecule has 0 unspecified atom stereocenters. The molecule has 0 saturated heterocycles. The van der Waals surface area contributed by atoms with Crippen molar-refractivity contribution in [3.63, 3.8) is 0 Å². The minimum Gasteiger partial charge on any atom is -0.338 e. The van der Waals surface area contributed by atoms with Gasteiger partial charge in [0.1, 0.15) is 4.21 Å². The summed E-state index contributed by atoms with van der Waals surface area (Å²) in [5.74, 6) is -0.503. The number of carbonyl (C=O) groups is 1. The van der Waals surface area contributed by atoms with Gasteiger partial charge in [0.05, 0.1) is 10.7 Å². The number of amides is 1. The summed E-state index contributed by atoms with van der Waals surface area (Å²) in [6, 6.07) is 5.73. The Morgan fingerprint density at radius 2 is 2.12 bits per heavy atom.